The molecule has 0 atom stereocenters. The van der Waals surface area contributed by atoms with Crippen LogP contribution in [0, 0.1) is 5.82 Å². The number of carbonyl (C=O) groups is 1. The van der Waals surface area contributed by atoms with E-state index in [1.165, 1.54) is 23.3 Å². The maximum atomic E-state index is 12.9. The molecule has 0 bridgehead atoms. The van der Waals surface area contributed by atoms with Gasteiger partial charge in [0.05, 0.1) is 0 Å². The summed E-state index contributed by atoms with van der Waals surface area (Å²) in [5.74, 6) is 0.0964. The Labute approximate surface area is 117 Å². The molecule has 2 aromatic carbocycles. The zero-order valence-corrected chi connectivity index (χ0v) is 11.1. The van der Waals surface area contributed by atoms with Gasteiger partial charge in [0, 0.05) is 12.8 Å². The van der Waals surface area contributed by atoms with Crippen LogP contribution in [0.15, 0.2) is 54.6 Å². The Morgan fingerprint density at radius 2 is 1.30 bits per heavy atom. The first kappa shape index (κ1) is 12.8. The van der Waals surface area contributed by atoms with Crippen LogP contribution in [-0.2, 0) is 4.79 Å². The third-order valence-electron chi connectivity index (χ3n) is 3.68. The van der Waals surface area contributed by atoms with Gasteiger partial charge in [-0.25, -0.2) is 4.39 Å². The standard InChI is InChI=1S/C18H15FO/c19-17-9-5-15(6-10-17)13-1-3-14(4-2-13)16-7-11-18(20)12-8-16/h1-7,9-10H,8,11-12H2. The van der Waals surface area contributed by atoms with Crippen molar-refractivity contribution in [2.45, 2.75) is 19.3 Å². The molecular formula is C18H15FO. The van der Waals surface area contributed by atoms with Crippen LogP contribution in [0.5, 0.6) is 0 Å². The van der Waals surface area contributed by atoms with Gasteiger partial charge in [-0.05, 0) is 40.8 Å². The molecule has 2 heteroatoms. The zero-order chi connectivity index (χ0) is 13.9. The SMILES string of the molecule is O=C1CC=C(c2ccc(-c3ccc(F)cc3)cc2)CC1. The van der Waals surface area contributed by atoms with Gasteiger partial charge in [-0.2, -0.15) is 0 Å². The Morgan fingerprint density at radius 1 is 0.750 bits per heavy atom. The second kappa shape index (κ2) is 5.41. The van der Waals surface area contributed by atoms with E-state index in [0.29, 0.717) is 18.6 Å². The van der Waals surface area contributed by atoms with E-state index in [1.807, 2.05) is 18.2 Å². The lowest BCUT2D eigenvalue weighted by molar-refractivity contribution is -0.118. The summed E-state index contributed by atoms with van der Waals surface area (Å²) >= 11 is 0. The largest absolute Gasteiger partial charge is 0.299 e. The van der Waals surface area contributed by atoms with Gasteiger partial charge in [0.25, 0.3) is 0 Å². The van der Waals surface area contributed by atoms with Crippen LogP contribution < -0.4 is 0 Å². The summed E-state index contributed by atoms with van der Waals surface area (Å²) in [6.45, 7) is 0. The molecule has 0 fully saturated rings. The van der Waals surface area contributed by atoms with E-state index in [1.54, 1.807) is 12.1 Å². The maximum absolute atomic E-state index is 12.9. The lowest BCUT2D eigenvalue weighted by Gasteiger charge is -2.12. The van der Waals surface area contributed by atoms with Crippen LogP contribution in [0.3, 0.4) is 0 Å². The predicted molar refractivity (Wildman–Crippen MR) is 78.7 cm³/mol. The summed E-state index contributed by atoms with van der Waals surface area (Å²) < 4.78 is 12.9. The molecule has 0 saturated heterocycles. The predicted octanol–water partition coefficient (Wildman–Crippen LogP) is 4.63. The van der Waals surface area contributed by atoms with Crippen LogP contribution >= 0.6 is 0 Å². The molecule has 0 unspecified atom stereocenters. The average molecular weight is 266 g/mol. The van der Waals surface area contributed by atoms with E-state index < -0.39 is 0 Å². The number of allylic oxidation sites excluding steroid dienone is 2. The minimum absolute atomic E-state index is 0.220. The lowest BCUT2D eigenvalue weighted by Crippen LogP contribution is -2.02. The molecule has 20 heavy (non-hydrogen) atoms. The molecule has 1 aliphatic rings. The lowest BCUT2D eigenvalue weighted by atomic mass is 9.92. The van der Waals surface area contributed by atoms with Gasteiger partial charge in [0.15, 0.2) is 0 Å². The first-order chi connectivity index (χ1) is 9.72. The number of rotatable bonds is 2. The Balaban J connectivity index is 1.84. The summed E-state index contributed by atoms with van der Waals surface area (Å²) in [5.41, 5.74) is 4.49. The molecule has 0 saturated carbocycles. The van der Waals surface area contributed by atoms with Crippen LogP contribution in [0.1, 0.15) is 24.8 Å². The first-order valence-corrected chi connectivity index (χ1v) is 6.79. The molecule has 0 N–H and O–H groups in total. The van der Waals surface area contributed by atoms with Crippen molar-refractivity contribution < 1.29 is 9.18 Å². The summed E-state index contributed by atoms with van der Waals surface area (Å²) in [5, 5.41) is 0. The Bertz CT molecular complexity index is 651. The van der Waals surface area contributed by atoms with Crippen molar-refractivity contribution >= 4 is 11.4 Å². The monoisotopic (exact) mass is 266 g/mol. The summed E-state index contributed by atoms with van der Waals surface area (Å²) in [6, 6.07) is 14.7. The van der Waals surface area contributed by atoms with E-state index >= 15 is 0 Å². The fraction of sp³-hybridized carbons (Fsp3) is 0.167. The van der Waals surface area contributed by atoms with Crippen LogP contribution in [0.25, 0.3) is 16.7 Å². The Morgan fingerprint density at radius 3 is 1.85 bits per heavy atom. The van der Waals surface area contributed by atoms with Gasteiger partial charge in [0.1, 0.15) is 11.6 Å². The van der Waals surface area contributed by atoms with Crippen molar-refractivity contribution in [2.75, 3.05) is 0 Å². The number of halogens is 1. The van der Waals surface area contributed by atoms with Gasteiger partial charge >= 0.3 is 0 Å². The fourth-order valence-corrected chi connectivity index (χ4v) is 2.50. The van der Waals surface area contributed by atoms with Crippen molar-refractivity contribution in [3.63, 3.8) is 0 Å². The molecule has 3 rings (SSSR count). The van der Waals surface area contributed by atoms with Crippen LogP contribution in [0.2, 0.25) is 0 Å². The van der Waals surface area contributed by atoms with Crippen molar-refractivity contribution in [1.29, 1.82) is 0 Å². The number of Topliss-reactive ketones (excluding diaryl/α,β-unsaturated/α-hetero) is 1. The molecule has 0 heterocycles. The van der Waals surface area contributed by atoms with E-state index in [-0.39, 0.29) is 5.82 Å². The quantitative estimate of drug-likeness (QED) is 0.774. The molecule has 0 spiro atoms. The molecule has 100 valence electrons. The summed E-state index contributed by atoms with van der Waals surface area (Å²) in [4.78, 5) is 11.2. The van der Waals surface area contributed by atoms with Crippen molar-refractivity contribution in [3.8, 4) is 11.1 Å². The molecule has 2 aromatic rings. The van der Waals surface area contributed by atoms with Gasteiger partial charge in [-0.3, -0.25) is 4.79 Å². The van der Waals surface area contributed by atoms with Crippen molar-refractivity contribution in [2.24, 2.45) is 0 Å². The highest BCUT2D eigenvalue weighted by Crippen LogP contribution is 2.27. The summed E-state index contributed by atoms with van der Waals surface area (Å²) in [7, 11) is 0. The molecule has 0 amide bonds. The maximum Gasteiger partial charge on any atom is 0.137 e. The third-order valence-corrected chi connectivity index (χ3v) is 3.68. The second-order valence-corrected chi connectivity index (χ2v) is 5.06. The van der Waals surface area contributed by atoms with Gasteiger partial charge in [0.2, 0.25) is 0 Å². The number of hydrogen-bond acceptors (Lipinski definition) is 1. The number of hydrogen-bond donors (Lipinski definition) is 0. The molecule has 1 nitrogen and oxygen atoms in total. The highest BCUT2D eigenvalue weighted by Gasteiger charge is 2.11. The van der Waals surface area contributed by atoms with Crippen LogP contribution in [0.4, 0.5) is 4.39 Å². The average Bonchev–Trinajstić information content (AvgIpc) is 2.49. The number of carbonyl (C=O) groups excluding carboxylic acids is 1. The number of benzene rings is 2. The zero-order valence-electron chi connectivity index (χ0n) is 11.1. The Kier molecular flexibility index (Phi) is 3.46. The Hall–Kier alpha value is -2.22. The van der Waals surface area contributed by atoms with Crippen molar-refractivity contribution in [1.82, 2.24) is 0 Å². The van der Waals surface area contributed by atoms with Gasteiger partial charge in [-0.1, -0.05) is 42.5 Å². The van der Waals surface area contributed by atoms with Gasteiger partial charge < -0.3 is 0 Å². The molecular weight excluding hydrogens is 251 g/mol. The third kappa shape index (κ3) is 2.69. The second-order valence-electron chi connectivity index (χ2n) is 5.06. The highest BCUT2D eigenvalue weighted by atomic mass is 19.1. The molecule has 0 radical (unpaired) electrons. The smallest absolute Gasteiger partial charge is 0.137 e. The van der Waals surface area contributed by atoms with E-state index in [4.69, 9.17) is 0 Å². The van der Waals surface area contributed by atoms with Crippen LogP contribution in [-0.4, -0.2) is 5.78 Å². The number of ketones is 1. The minimum Gasteiger partial charge on any atom is -0.299 e. The van der Waals surface area contributed by atoms with E-state index in [9.17, 15) is 9.18 Å². The van der Waals surface area contributed by atoms with E-state index in [0.717, 1.165) is 17.5 Å². The minimum atomic E-state index is -0.220. The highest BCUT2D eigenvalue weighted by molar-refractivity contribution is 5.87. The summed E-state index contributed by atoms with van der Waals surface area (Å²) in [6.07, 6.45) is 4.05. The molecule has 0 aromatic heterocycles. The van der Waals surface area contributed by atoms with Crippen molar-refractivity contribution in [3.05, 3.63) is 66.0 Å². The molecule has 1 aliphatic carbocycles. The van der Waals surface area contributed by atoms with E-state index in [2.05, 4.69) is 12.1 Å². The normalized spacial score (nSPS) is 15.1. The topological polar surface area (TPSA) is 17.1 Å². The first-order valence-electron chi connectivity index (χ1n) is 6.79. The molecule has 0 aliphatic heterocycles. The fourth-order valence-electron chi connectivity index (χ4n) is 2.50. The van der Waals surface area contributed by atoms with Gasteiger partial charge in [-0.15, -0.1) is 0 Å².